The average molecular weight is 278 g/mol. The van der Waals surface area contributed by atoms with Crippen molar-refractivity contribution in [2.45, 2.75) is 46.1 Å². The van der Waals surface area contributed by atoms with Gasteiger partial charge >= 0.3 is 0 Å². The highest BCUT2D eigenvalue weighted by molar-refractivity contribution is 6.05. The predicted molar refractivity (Wildman–Crippen MR) is 79.0 cm³/mol. The Bertz CT molecular complexity index is 393. The first-order chi connectivity index (χ1) is 9.43. The summed E-state index contributed by atoms with van der Waals surface area (Å²) in [4.78, 5) is 26.2. The van der Waals surface area contributed by atoms with Crippen LogP contribution in [0.1, 0.15) is 40.0 Å². The molecule has 4 heteroatoms. The van der Waals surface area contributed by atoms with Gasteiger partial charge in [-0.1, -0.05) is 33.8 Å². The molecule has 0 aromatic heterocycles. The SMILES string of the molecule is C=C(CNC(C)C)CN1C(=O)C2CC(CC)CC2C1=O. The molecule has 4 nitrogen and oxygen atoms in total. The molecule has 0 aromatic carbocycles. The van der Waals surface area contributed by atoms with Crippen LogP contribution in [-0.4, -0.2) is 35.8 Å². The van der Waals surface area contributed by atoms with Gasteiger partial charge in [0, 0.05) is 12.6 Å². The molecule has 2 unspecified atom stereocenters. The molecule has 1 N–H and O–H groups in total. The summed E-state index contributed by atoms with van der Waals surface area (Å²) in [7, 11) is 0. The third kappa shape index (κ3) is 2.95. The van der Waals surface area contributed by atoms with E-state index in [1.165, 1.54) is 4.90 Å². The Morgan fingerprint density at radius 3 is 2.30 bits per heavy atom. The lowest BCUT2D eigenvalue weighted by Crippen LogP contribution is -2.36. The number of fused-ring (bicyclic) bond motifs is 1. The second-order valence-corrected chi connectivity index (χ2v) is 6.51. The van der Waals surface area contributed by atoms with Crippen LogP contribution in [0.2, 0.25) is 0 Å². The first kappa shape index (κ1) is 15.2. The molecule has 0 bridgehead atoms. The third-order valence-electron chi connectivity index (χ3n) is 4.55. The summed E-state index contributed by atoms with van der Waals surface area (Å²) >= 11 is 0. The van der Waals surface area contributed by atoms with Gasteiger partial charge in [-0.2, -0.15) is 0 Å². The Balaban J connectivity index is 1.93. The molecule has 20 heavy (non-hydrogen) atoms. The van der Waals surface area contributed by atoms with Gasteiger partial charge in [-0.3, -0.25) is 14.5 Å². The van der Waals surface area contributed by atoms with Gasteiger partial charge in [0.1, 0.15) is 0 Å². The Hall–Kier alpha value is -1.16. The minimum atomic E-state index is -0.0571. The lowest BCUT2D eigenvalue weighted by Gasteiger charge is -2.19. The van der Waals surface area contributed by atoms with Gasteiger partial charge in [-0.25, -0.2) is 0 Å². The quantitative estimate of drug-likeness (QED) is 0.597. The maximum absolute atomic E-state index is 12.4. The van der Waals surface area contributed by atoms with Crippen molar-refractivity contribution in [3.05, 3.63) is 12.2 Å². The second-order valence-electron chi connectivity index (χ2n) is 6.51. The zero-order valence-corrected chi connectivity index (χ0v) is 12.8. The van der Waals surface area contributed by atoms with E-state index in [1.54, 1.807) is 0 Å². The topological polar surface area (TPSA) is 49.4 Å². The summed E-state index contributed by atoms with van der Waals surface area (Å²) in [5.41, 5.74) is 0.896. The molecule has 1 saturated heterocycles. The van der Waals surface area contributed by atoms with Gasteiger partial charge < -0.3 is 5.32 Å². The maximum atomic E-state index is 12.4. The lowest BCUT2D eigenvalue weighted by molar-refractivity contribution is -0.140. The highest BCUT2D eigenvalue weighted by atomic mass is 16.2. The van der Waals surface area contributed by atoms with Crippen LogP contribution in [0.5, 0.6) is 0 Å². The zero-order valence-electron chi connectivity index (χ0n) is 12.8. The van der Waals surface area contributed by atoms with Crippen molar-refractivity contribution in [3.8, 4) is 0 Å². The van der Waals surface area contributed by atoms with E-state index >= 15 is 0 Å². The van der Waals surface area contributed by atoms with Crippen molar-refractivity contribution in [2.75, 3.05) is 13.1 Å². The normalized spacial score (nSPS) is 29.4. The smallest absolute Gasteiger partial charge is 0.233 e. The van der Waals surface area contributed by atoms with Crippen molar-refractivity contribution in [1.82, 2.24) is 10.2 Å². The van der Waals surface area contributed by atoms with Crippen molar-refractivity contribution in [1.29, 1.82) is 0 Å². The van der Waals surface area contributed by atoms with Crippen molar-refractivity contribution < 1.29 is 9.59 Å². The van der Waals surface area contributed by atoms with E-state index in [2.05, 4.69) is 32.7 Å². The van der Waals surface area contributed by atoms with Crippen molar-refractivity contribution in [2.24, 2.45) is 17.8 Å². The molecule has 0 spiro atoms. The fourth-order valence-corrected chi connectivity index (χ4v) is 3.31. The highest BCUT2D eigenvalue weighted by Gasteiger charge is 2.51. The molecule has 1 aliphatic heterocycles. The van der Waals surface area contributed by atoms with Crippen molar-refractivity contribution in [3.63, 3.8) is 0 Å². The fourth-order valence-electron chi connectivity index (χ4n) is 3.31. The van der Waals surface area contributed by atoms with Gasteiger partial charge in [-0.15, -0.1) is 0 Å². The van der Waals surface area contributed by atoms with E-state index in [0.717, 1.165) is 24.8 Å². The summed E-state index contributed by atoms with van der Waals surface area (Å²) in [6.45, 7) is 11.3. The van der Waals surface area contributed by atoms with Gasteiger partial charge in [0.15, 0.2) is 0 Å². The molecule has 2 rings (SSSR count). The van der Waals surface area contributed by atoms with Gasteiger partial charge in [0.05, 0.1) is 18.4 Å². The van der Waals surface area contributed by atoms with Crippen LogP contribution in [-0.2, 0) is 9.59 Å². The van der Waals surface area contributed by atoms with E-state index in [-0.39, 0.29) is 23.7 Å². The molecule has 1 heterocycles. The molecule has 2 fully saturated rings. The van der Waals surface area contributed by atoms with Crippen LogP contribution >= 0.6 is 0 Å². The number of nitrogens with one attached hydrogen (secondary N) is 1. The van der Waals surface area contributed by atoms with Crippen LogP contribution in [0.4, 0.5) is 0 Å². The summed E-state index contributed by atoms with van der Waals surface area (Å²) in [6, 6.07) is 0.376. The van der Waals surface area contributed by atoms with Crippen LogP contribution in [0, 0.1) is 17.8 Å². The Kier molecular flexibility index (Phi) is 4.63. The average Bonchev–Trinajstić information content (AvgIpc) is 2.92. The predicted octanol–water partition coefficient (Wildman–Crippen LogP) is 1.96. The second kappa shape index (κ2) is 6.08. The largest absolute Gasteiger partial charge is 0.311 e. The first-order valence-corrected chi connectivity index (χ1v) is 7.69. The Labute approximate surface area is 121 Å². The molecule has 0 radical (unpaired) electrons. The number of imide groups is 1. The third-order valence-corrected chi connectivity index (χ3v) is 4.55. The number of nitrogens with zero attached hydrogens (tertiary/aromatic N) is 1. The fraction of sp³-hybridized carbons (Fsp3) is 0.750. The first-order valence-electron chi connectivity index (χ1n) is 7.69. The van der Waals surface area contributed by atoms with Crippen LogP contribution in [0.3, 0.4) is 0 Å². The molecule has 2 atom stereocenters. The number of amides is 2. The number of hydrogen-bond acceptors (Lipinski definition) is 3. The van der Waals surface area contributed by atoms with Crippen molar-refractivity contribution >= 4 is 11.8 Å². The molecular formula is C16H26N2O2. The molecular weight excluding hydrogens is 252 g/mol. The minimum absolute atomic E-state index is 0.0293. The summed E-state index contributed by atoms with van der Waals surface area (Å²) in [6.07, 6.45) is 2.84. The van der Waals surface area contributed by atoms with Gasteiger partial charge in [0.2, 0.25) is 11.8 Å². The molecule has 1 saturated carbocycles. The Morgan fingerprint density at radius 1 is 1.30 bits per heavy atom. The Morgan fingerprint density at radius 2 is 1.85 bits per heavy atom. The summed E-state index contributed by atoms with van der Waals surface area (Å²) in [5, 5.41) is 3.27. The molecule has 2 amide bonds. The van der Waals surface area contributed by atoms with E-state index in [4.69, 9.17) is 0 Å². The lowest BCUT2D eigenvalue weighted by atomic mass is 10.00. The number of likely N-dealkylation sites (tertiary alicyclic amines) is 1. The van der Waals surface area contributed by atoms with Crippen LogP contribution in [0.25, 0.3) is 0 Å². The van der Waals surface area contributed by atoms with Gasteiger partial charge in [-0.05, 0) is 24.3 Å². The molecule has 2 aliphatic rings. The number of carbonyl (C=O) groups excluding carboxylic acids is 2. The highest BCUT2D eigenvalue weighted by Crippen LogP contribution is 2.44. The monoisotopic (exact) mass is 278 g/mol. The maximum Gasteiger partial charge on any atom is 0.233 e. The number of rotatable bonds is 6. The zero-order chi connectivity index (χ0) is 14.9. The van der Waals surface area contributed by atoms with Crippen LogP contribution in [0.15, 0.2) is 12.2 Å². The standard InChI is InChI=1S/C16H26N2O2/c1-5-12-6-13-14(7-12)16(20)18(15(13)19)9-11(4)8-17-10(2)3/h10,12-14,17H,4-9H2,1-3H3. The van der Waals surface area contributed by atoms with E-state index < -0.39 is 0 Å². The van der Waals surface area contributed by atoms with E-state index in [1.807, 2.05) is 0 Å². The molecule has 0 aromatic rings. The number of carbonyl (C=O) groups is 2. The summed E-state index contributed by atoms with van der Waals surface area (Å²) in [5.74, 6) is 0.491. The van der Waals surface area contributed by atoms with Gasteiger partial charge in [0.25, 0.3) is 0 Å². The van der Waals surface area contributed by atoms with Crippen LogP contribution < -0.4 is 5.32 Å². The van der Waals surface area contributed by atoms with E-state index in [0.29, 0.717) is 25.0 Å². The molecule has 1 aliphatic carbocycles. The molecule has 112 valence electrons. The summed E-state index contributed by atoms with van der Waals surface area (Å²) < 4.78 is 0. The number of hydrogen-bond donors (Lipinski definition) is 1. The van der Waals surface area contributed by atoms with E-state index in [9.17, 15) is 9.59 Å². The minimum Gasteiger partial charge on any atom is -0.311 e.